The fourth-order valence-electron chi connectivity index (χ4n) is 3.14. The maximum absolute atomic E-state index is 12.7. The molecule has 3 rings (SSSR count). The summed E-state index contributed by atoms with van der Waals surface area (Å²) in [7, 11) is 3.43. The van der Waals surface area contributed by atoms with Crippen molar-refractivity contribution < 1.29 is 19.1 Å². The Kier molecular flexibility index (Phi) is 7.49. The summed E-state index contributed by atoms with van der Waals surface area (Å²) in [4.78, 5) is 20.2. The fraction of sp³-hybridized carbons (Fsp3) is 0.435. The van der Waals surface area contributed by atoms with Gasteiger partial charge in [-0.1, -0.05) is 42.5 Å². The lowest BCUT2D eigenvalue weighted by Gasteiger charge is -2.34. The molecule has 2 aromatic rings. The number of benzene rings is 2. The second kappa shape index (κ2) is 10.3. The molecule has 1 heterocycles. The van der Waals surface area contributed by atoms with Gasteiger partial charge in [0.2, 0.25) is 0 Å². The summed E-state index contributed by atoms with van der Waals surface area (Å²) < 4.78 is 11.5. The summed E-state index contributed by atoms with van der Waals surface area (Å²) >= 11 is 0. The van der Waals surface area contributed by atoms with Crippen LogP contribution in [-0.4, -0.2) is 43.0 Å². The number of carbonyl (C=O) groups excluding carboxylic acids is 1. The summed E-state index contributed by atoms with van der Waals surface area (Å²) in [5, 5.41) is 1.41. The zero-order valence-corrected chi connectivity index (χ0v) is 17.4. The zero-order valence-electron chi connectivity index (χ0n) is 17.4. The van der Waals surface area contributed by atoms with E-state index in [1.807, 2.05) is 61.5 Å². The molecule has 2 unspecified atom stereocenters. The molecule has 156 valence electrons. The molecule has 29 heavy (non-hydrogen) atoms. The van der Waals surface area contributed by atoms with E-state index in [1.165, 1.54) is 9.96 Å². The van der Waals surface area contributed by atoms with Crippen molar-refractivity contribution in [3.63, 3.8) is 0 Å². The second-order valence-electron chi connectivity index (χ2n) is 7.42. The fourth-order valence-corrected chi connectivity index (χ4v) is 3.14. The number of hydroxylamine groups is 2. The number of ether oxygens (including phenoxy) is 2. The molecule has 1 saturated heterocycles. The molecular formula is C23H30N2O4. The predicted octanol–water partition coefficient (Wildman–Crippen LogP) is 4.77. The van der Waals surface area contributed by atoms with Crippen LogP contribution in [0.4, 0.5) is 4.79 Å². The van der Waals surface area contributed by atoms with E-state index in [0.29, 0.717) is 13.2 Å². The summed E-state index contributed by atoms with van der Waals surface area (Å²) in [5.41, 5.74) is 2.08. The summed E-state index contributed by atoms with van der Waals surface area (Å²) in [6.45, 7) is 3.13. The lowest BCUT2D eigenvalue weighted by atomic mass is 10.1. The largest absolute Gasteiger partial charge is 0.489 e. The lowest BCUT2D eigenvalue weighted by Crippen LogP contribution is -2.44. The molecule has 0 radical (unpaired) electrons. The maximum atomic E-state index is 12.7. The van der Waals surface area contributed by atoms with Gasteiger partial charge in [-0.05, 0) is 43.0 Å². The first-order valence-corrected chi connectivity index (χ1v) is 10.1. The van der Waals surface area contributed by atoms with Gasteiger partial charge in [0.1, 0.15) is 12.4 Å². The highest BCUT2D eigenvalue weighted by Gasteiger charge is 2.28. The van der Waals surface area contributed by atoms with Gasteiger partial charge < -0.3 is 14.4 Å². The van der Waals surface area contributed by atoms with Crippen LogP contribution in [0.3, 0.4) is 0 Å². The van der Waals surface area contributed by atoms with Crippen molar-refractivity contribution in [2.75, 3.05) is 20.7 Å². The summed E-state index contributed by atoms with van der Waals surface area (Å²) in [6.07, 6.45) is 2.47. The molecule has 2 amide bonds. The molecule has 0 bridgehead atoms. The lowest BCUT2D eigenvalue weighted by molar-refractivity contribution is -0.280. The molecule has 2 atom stereocenters. The Bertz CT molecular complexity index is 758. The van der Waals surface area contributed by atoms with E-state index in [0.717, 1.165) is 36.1 Å². The Morgan fingerprint density at radius 3 is 2.45 bits per heavy atom. The Morgan fingerprint density at radius 2 is 1.83 bits per heavy atom. The molecule has 0 aliphatic carbocycles. The van der Waals surface area contributed by atoms with Crippen LogP contribution in [0.25, 0.3) is 0 Å². The van der Waals surface area contributed by atoms with E-state index in [-0.39, 0.29) is 18.4 Å². The smallest absolute Gasteiger partial charge is 0.344 e. The van der Waals surface area contributed by atoms with Gasteiger partial charge in [0.05, 0.1) is 6.04 Å². The average molecular weight is 399 g/mol. The minimum absolute atomic E-state index is 0.212. The third-order valence-corrected chi connectivity index (χ3v) is 4.90. The van der Waals surface area contributed by atoms with Crippen LogP contribution in [0.2, 0.25) is 0 Å². The standard InChI is InChI=1S/C23H30N2O4/c1-18(25(23(26)24(2)3)29-22-11-7-8-16-27-22)20-12-14-21(15-13-20)28-17-19-9-5-4-6-10-19/h4-6,9-10,12-15,18,22H,7-8,11,16-17H2,1-3H3. The molecule has 1 aliphatic heterocycles. The number of amides is 2. The summed E-state index contributed by atoms with van der Waals surface area (Å²) in [5.74, 6) is 0.784. The Hall–Kier alpha value is -2.57. The molecule has 0 aromatic heterocycles. The predicted molar refractivity (Wildman–Crippen MR) is 111 cm³/mol. The Balaban J connectivity index is 1.66. The van der Waals surface area contributed by atoms with E-state index in [4.69, 9.17) is 14.3 Å². The van der Waals surface area contributed by atoms with Gasteiger partial charge >= 0.3 is 6.03 Å². The van der Waals surface area contributed by atoms with Gasteiger partial charge in [-0.3, -0.25) is 0 Å². The SMILES string of the molecule is CC(c1ccc(OCc2ccccc2)cc1)N(OC1CCCCO1)C(=O)N(C)C. The first-order valence-electron chi connectivity index (χ1n) is 10.1. The average Bonchev–Trinajstić information content (AvgIpc) is 2.77. The third kappa shape index (κ3) is 5.95. The van der Waals surface area contributed by atoms with Gasteiger partial charge in [-0.25, -0.2) is 9.63 Å². The highest BCUT2D eigenvalue weighted by atomic mass is 16.8. The van der Waals surface area contributed by atoms with E-state index >= 15 is 0 Å². The van der Waals surface area contributed by atoms with Crippen LogP contribution in [-0.2, 0) is 16.2 Å². The molecule has 1 fully saturated rings. The topological polar surface area (TPSA) is 51.2 Å². The normalized spacial score (nSPS) is 17.4. The molecule has 6 nitrogen and oxygen atoms in total. The molecule has 2 aromatic carbocycles. The zero-order chi connectivity index (χ0) is 20.6. The van der Waals surface area contributed by atoms with Crippen molar-refractivity contribution in [2.45, 2.75) is 45.1 Å². The van der Waals surface area contributed by atoms with Gasteiger partial charge in [-0.15, -0.1) is 0 Å². The van der Waals surface area contributed by atoms with Crippen molar-refractivity contribution in [3.05, 3.63) is 65.7 Å². The molecule has 0 spiro atoms. The molecule has 0 saturated carbocycles. The van der Waals surface area contributed by atoms with Gasteiger partial charge in [0, 0.05) is 27.1 Å². The van der Waals surface area contributed by atoms with Crippen LogP contribution in [0.1, 0.15) is 43.4 Å². The highest BCUT2D eigenvalue weighted by Crippen LogP contribution is 2.27. The first-order chi connectivity index (χ1) is 14.0. The van der Waals surface area contributed by atoms with Gasteiger partial charge in [-0.2, -0.15) is 5.06 Å². The molecule has 1 aliphatic rings. The number of carbonyl (C=O) groups is 1. The number of hydrogen-bond donors (Lipinski definition) is 0. The molecular weight excluding hydrogens is 368 g/mol. The number of hydrogen-bond acceptors (Lipinski definition) is 4. The monoisotopic (exact) mass is 398 g/mol. The quantitative estimate of drug-likeness (QED) is 0.631. The van der Waals surface area contributed by atoms with Crippen molar-refractivity contribution in [3.8, 4) is 5.75 Å². The van der Waals surface area contributed by atoms with E-state index in [9.17, 15) is 4.79 Å². The minimum Gasteiger partial charge on any atom is -0.489 e. The van der Waals surface area contributed by atoms with Crippen LogP contribution in [0.15, 0.2) is 54.6 Å². The van der Waals surface area contributed by atoms with Crippen LogP contribution in [0.5, 0.6) is 5.75 Å². The number of nitrogens with zero attached hydrogens (tertiary/aromatic N) is 2. The van der Waals surface area contributed by atoms with Crippen molar-refractivity contribution in [1.82, 2.24) is 9.96 Å². The van der Waals surface area contributed by atoms with Gasteiger partial charge in [0.25, 0.3) is 0 Å². The van der Waals surface area contributed by atoms with Crippen molar-refractivity contribution in [1.29, 1.82) is 0 Å². The third-order valence-electron chi connectivity index (χ3n) is 4.90. The number of rotatable bonds is 7. The summed E-state index contributed by atoms with van der Waals surface area (Å²) in [6, 6.07) is 17.3. The van der Waals surface area contributed by atoms with Crippen molar-refractivity contribution in [2.24, 2.45) is 0 Å². The van der Waals surface area contributed by atoms with Crippen LogP contribution in [0, 0.1) is 0 Å². The van der Waals surface area contributed by atoms with E-state index in [1.54, 1.807) is 14.1 Å². The highest BCUT2D eigenvalue weighted by molar-refractivity contribution is 5.73. The van der Waals surface area contributed by atoms with Gasteiger partial charge in [0.15, 0.2) is 6.29 Å². The number of urea groups is 1. The minimum atomic E-state index is -0.386. The van der Waals surface area contributed by atoms with E-state index in [2.05, 4.69) is 0 Å². The maximum Gasteiger partial charge on any atom is 0.344 e. The first kappa shape index (κ1) is 21.1. The van der Waals surface area contributed by atoms with Crippen LogP contribution < -0.4 is 4.74 Å². The van der Waals surface area contributed by atoms with Crippen LogP contribution >= 0.6 is 0 Å². The Morgan fingerprint density at radius 1 is 1.10 bits per heavy atom. The molecule has 6 heteroatoms. The van der Waals surface area contributed by atoms with E-state index < -0.39 is 0 Å². The molecule has 0 N–H and O–H groups in total. The van der Waals surface area contributed by atoms with Crippen molar-refractivity contribution >= 4 is 6.03 Å². The second-order valence-corrected chi connectivity index (χ2v) is 7.42. The Labute approximate surface area is 172 Å².